The second kappa shape index (κ2) is 10.2. The Hall–Kier alpha value is -2.44. The maximum Gasteiger partial charge on any atom is 0.407 e. The highest BCUT2D eigenvalue weighted by Gasteiger charge is 2.28. The van der Waals surface area contributed by atoms with Crippen LogP contribution in [0.2, 0.25) is 0 Å². The van der Waals surface area contributed by atoms with Crippen molar-refractivity contribution in [2.75, 3.05) is 13.1 Å². The number of aromatic nitrogens is 1. The van der Waals surface area contributed by atoms with Crippen LogP contribution in [0.15, 0.2) is 48.7 Å². The Morgan fingerprint density at radius 1 is 1.07 bits per heavy atom. The Labute approximate surface area is 167 Å². The lowest BCUT2D eigenvalue weighted by Gasteiger charge is -2.23. The van der Waals surface area contributed by atoms with Crippen LogP contribution in [0.25, 0.3) is 0 Å². The third-order valence-corrected chi connectivity index (χ3v) is 5.16. The van der Waals surface area contributed by atoms with Crippen LogP contribution in [0.1, 0.15) is 42.5 Å². The third kappa shape index (κ3) is 6.32. The fourth-order valence-electron chi connectivity index (χ4n) is 3.45. The largest absolute Gasteiger partial charge is 0.465 e. The number of carboxylic acid groups (broad SMARTS) is 1. The van der Waals surface area contributed by atoms with Gasteiger partial charge in [-0.25, -0.2) is 4.79 Å². The van der Waals surface area contributed by atoms with E-state index in [4.69, 9.17) is 5.73 Å². The molecule has 0 bridgehead atoms. The Balaban J connectivity index is 1.46. The summed E-state index contributed by atoms with van der Waals surface area (Å²) in [5.74, 6) is 0. The minimum atomic E-state index is -0.900. The zero-order chi connectivity index (χ0) is 19.8. The number of hydrogen-bond donors (Lipinski definition) is 2. The molecule has 1 aliphatic carbocycles. The molecule has 0 saturated heterocycles. The molecule has 3 N–H and O–H groups in total. The Kier molecular flexibility index (Phi) is 7.39. The molecule has 1 aliphatic rings. The van der Waals surface area contributed by atoms with Crippen LogP contribution in [0, 0.1) is 0 Å². The van der Waals surface area contributed by atoms with Crippen LogP contribution in [0.3, 0.4) is 0 Å². The van der Waals surface area contributed by atoms with Gasteiger partial charge in [0.1, 0.15) is 0 Å². The molecule has 1 saturated carbocycles. The van der Waals surface area contributed by atoms with Gasteiger partial charge < -0.3 is 15.7 Å². The molecule has 0 radical (unpaired) electrons. The van der Waals surface area contributed by atoms with E-state index < -0.39 is 6.09 Å². The molecular formula is C22H30N4O2. The molecule has 1 aromatic carbocycles. The smallest absolute Gasteiger partial charge is 0.407 e. The minimum Gasteiger partial charge on any atom is -0.465 e. The normalized spacial score (nSPS) is 13.6. The zero-order valence-corrected chi connectivity index (χ0v) is 16.3. The van der Waals surface area contributed by atoms with Crippen molar-refractivity contribution in [1.29, 1.82) is 0 Å². The topological polar surface area (TPSA) is 82.7 Å². The van der Waals surface area contributed by atoms with Gasteiger partial charge in [0.25, 0.3) is 0 Å². The van der Waals surface area contributed by atoms with E-state index in [0.29, 0.717) is 25.7 Å². The summed E-state index contributed by atoms with van der Waals surface area (Å²) in [7, 11) is 0. The van der Waals surface area contributed by atoms with Gasteiger partial charge in [0.2, 0.25) is 0 Å². The van der Waals surface area contributed by atoms with Crippen LogP contribution in [-0.4, -0.2) is 45.1 Å². The summed E-state index contributed by atoms with van der Waals surface area (Å²) in [6, 6.07) is 15.0. The first kappa shape index (κ1) is 20.3. The van der Waals surface area contributed by atoms with Crippen molar-refractivity contribution in [1.82, 2.24) is 14.8 Å². The number of nitrogens with zero attached hydrogens (tertiary/aromatic N) is 3. The van der Waals surface area contributed by atoms with Gasteiger partial charge in [-0.2, -0.15) is 0 Å². The lowest BCUT2D eigenvalue weighted by atomic mass is 10.2. The van der Waals surface area contributed by atoms with E-state index in [1.165, 1.54) is 23.3 Å². The standard InChI is InChI=1S/C22H30N4O2/c23-15-19-10-11-24-20(14-19)17-26(22(27)28)13-5-4-12-25(21-8-9-21)16-18-6-2-1-3-7-18/h1-3,6-7,10-11,14,21H,4-5,8-9,12-13,15-17,23H2,(H,27,28). The van der Waals surface area contributed by atoms with Crippen LogP contribution >= 0.6 is 0 Å². The molecule has 6 nitrogen and oxygen atoms in total. The van der Waals surface area contributed by atoms with Gasteiger partial charge in [-0.3, -0.25) is 9.88 Å². The molecule has 1 aromatic heterocycles. The van der Waals surface area contributed by atoms with Crippen molar-refractivity contribution in [2.24, 2.45) is 5.73 Å². The minimum absolute atomic E-state index is 0.305. The molecule has 0 aliphatic heterocycles. The average Bonchev–Trinajstić information content (AvgIpc) is 3.55. The summed E-state index contributed by atoms with van der Waals surface area (Å²) >= 11 is 0. The summed E-state index contributed by atoms with van der Waals surface area (Å²) in [6.07, 6.45) is 5.18. The van der Waals surface area contributed by atoms with Crippen molar-refractivity contribution < 1.29 is 9.90 Å². The molecule has 150 valence electrons. The predicted molar refractivity (Wildman–Crippen MR) is 110 cm³/mol. The Morgan fingerprint density at radius 2 is 1.82 bits per heavy atom. The van der Waals surface area contributed by atoms with Crippen molar-refractivity contribution in [3.05, 3.63) is 65.5 Å². The monoisotopic (exact) mass is 382 g/mol. The van der Waals surface area contributed by atoms with E-state index in [2.05, 4.69) is 34.1 Å². The molecule has 1 heterocycles. The fourth-order valence-corrected chi connectivity index (χ4v) is 3.45. The SMILES string of the molecule is NCc1ccnc(CN(CCCCN(Cc2ccccc2)C2CC2)C(=O)O)c1. The number of nitrogens with two attached hydrogens (primary N) is 1. The number of hydrogen-bond acceptors (Lipinski definition) is 4. The van der Waals surface area contributed by atoms with E-state index in [9.17, 15) is 9.90 Å². The summed E-state index contributed by atoms with van der Waals surface area (Å²) in [4.78, 5) is 19.9. The molecule has 0 atom stereocenters. The summed E-state index contributed by atoms with van der Waals surface area (Å²) < 4.78 is 0. The van der Waals surface area contributed by atoms with Crippen molar-refractivity contribution in [3.8, 4) is 0 Å². The maximum absolute atomic E-state index is 11.6. The summed E-state index contributed by atoms with van der Waals surface area (Å²) in [6.45, 7) is 3.24. The second-order valence-corrected chi connectivity index (χ2v) is 7.46. The van der Waals surface area contributed by atoms with Crippen LogP contribution in [-0.2, 0) is 19.6 Å². The van der Waals surface area contributed by atoms with Gasteiger partial charge in [0.15, 0.2) is 0 Å². The van der Waals surface area contributed by atoms with Crippen molar-refractivity contribution >= 4 is 6.09 Å². The van der Waals surface area contributed by atoms with Crippen molar-refractivity contribution in [3.63, 3.8) is 0 Å². The Morgan fingerprint density at radius 3 is 2.50 bits per heavy atom. The number of carbonyl (C=O) groups is 1. The Bertz CT molecular complexity index is 749. The number of unbranched alkanes of at least 4 members (excludes halogenated alkanes) is 1. The fraction of sp³-hybridized carbons (Fsp3) is 0.455. The highest BCUT2D eigenvalue weighted by Crippen LogP contribution is 2.28. The van der Waals surface area contributed by atoms with Gasteiger partial charge in [0, 0.05) is 31.9 Å². The molecule has 28 heavy (non-hydrogen) atoms. The van der Waals surface area contributed by atoms with Crippen LogP contribution < -0.4 is 5.73 Å². The van der Waals surface area contributed by atoms with Gasteiger partial charge in [-0.05, 0) is 55.5 Å². The maximum atomic E-state index is 11.6. The first-order valence-corrected chi connectivity index (χ1v) is 10.1. The summed E-state index contributed by atoms with van der Waals surface area (Å²) in [5.41, 5.74) is 8.71. The number of pyridine rings is 1. The first-order chi connectivity index (χ1) is 13.7. The van der Waals surface area contributed by atoms with Gasteiger partial charge >= 0.3 is 6.09 Å². The van der Waals surface area contributed by atoms with Gasteiger partial charge in [-0.1, -0.05) is 30.3 Å². The van der Waals surface area contributed by atoms with Gasteiger partial charge in [-0.15, -0.1) is 0 Å². The van der Waals surface area contributed by atoms with E-state index in [-0.39, 0.29) is 0 Å². The van der Waals surface area contributed by atoms with E-state index in [0.717, 1.165) is 37.2 Å². The van der Waals surface area contributed by atoms with Crippen LogP contribution in [0.5, 0.6) is 0 Å². The molecule has 3 rings (SSSR count). The number of rotatable bonds is 11. The zero-order valence-electron chi connectivity index (χ0n) is 16.3. The first-order valence-electron chi connectivity index (χ1n) is 10.1. The second-order valence-electron chi connectivity index (χ2n) is 7.46. The van der Waals surface area contributed by atoms with E-state index >= 15 is 0 Å². The molecule has 1 amide bonds. The molecule has 0 unspecified atom stereocenters. The highest BCUT2D eigenvalue weighted by molar-refractivity contribution is 5.64. The van der Waals surface area contributed by atoms with Crippen LogP contribution in [0.4, 0.5) is 4.79 Å². The lowest BCUT2D eigenvalue weighted by Crippen LogP contribution is -2.31. The lowest BCUT2D eigenvalue weighted by molar-refractivity contribution is 0.139. The van der Waals surface area contributed by atoms with Crippen molar-refractivity contribution in [2.45, 2.75) is 51.4 Å². The third-order valence-electron chi connectivity index (χ3n) is 5.16. The predicted octanol–water partition coefficient (Wildman–Crippen LogP) is 3.47. The molecular weight excluding hydrogens is 352 g/mol. The highest BCUT2D eigenvalue weighted by atomic mass is 16.4. The number of benzene rings is 1. The quantitative estimate of drug-likeness (QED) is 0.582. The van der Waals surface area contributed by atoms with E-state index in [1.807, 2.05) is 18.2 Å². The molecule has 0 spiro atoms. The van der Waals surface area contributed by atoms with Gasteiger partial charge in [0.05, 0.1) is 12.2 Å². The molecule has 2 aromatic rings. The molecule has 6 heteroatoms. The number of amides is 1. The molecule has 1 fully saturated rings. The summed E-state index contributed by atoms with van der Waals surface area (Å²) in [5, 5.41) is 9.53. The average molecular weight is 383 g/mol. The van der Waals surface area contributed by atoms with E-state index in [1.54, 1.807) is 6.20 Å².